The van der Waals surface area contributed by atoms with Gasteiger partial charge in [0.05, 0.1) is 10.7 Å². The molecule has 1 amide bonds. The highest BCUT2D eigenvalue weighted by Crippen LogP contribution is 2.24. The molecule has 3 rings (SSSR count). The molecule has 0 N–H and O–H groups in total. The lowest BCUT2D eigenvalue weighted by Crippen LogP contribution is -2.50. The van der Waals surface area contributed by atoms with Crippen LogP contribution in [0.1, 0.15) is 34.2 Å². The second-order valence-corrected chi connectivity index (χ2v) is 10.2. The summed E-state index contributed by atoms with van der Waals surface area (Å²) in [4.78, 5) is 19.3. The summed E-state index contributed by atoms with van der Waals surface area (Å²) < 4.78 is 40.5. The molecule has 1 fully saturated rings. The predicted octanol–water partition coefficient (Wildman–Crippen LogP) is 2.94. The second kappa shape index (κ2) is 8.26. The van der Waals surface area contributed by atoms with Gasteiger partial charge in [0.2, 0.25) is 10.0 Å². The molecule has 0 bridgehead atoms. The molecular formula is C19H24FN3O3S2. The Morgan fingerprint density at radius 2 is 1.86 bits per heavy atom. The summed E-state index contributed by atoms with van der Waals surface area (Å²) in [7, 11) is -3.91. The number of carbonyl (C=O) groups is 1. The molecule has 28 heavy (non-hydrogen) atoms. The number of sulfonamides is 1. The number of nitrogens with zero attached hydrogens (tertiary/aromatic N) is 3. The van der Waals surface area contributed by atoms with Crippen LogP contribution in [-0.2, 0) is 16.4 Å². The van der Waals surface area contributed by atoms with E-state index in [9.17, 15) is 17.6 Å². The summed E-state index contributed by atoms with van der Waals surface area (Å²) in [6.45, 7) is 6.85. The van der Waals surface area contributed by atoms with Crippen LogP contribution in [-0.4, -0.2) is 54.7 Å². The minimum absolute atomic E-state index is 0.118. The van der Waals surface area contributed by atoms with Crippen LogP contribution in [0.5, 0.6) is 0 Å². The molecule has 0 spiro atoms. The zero-order chi connectivity index (χ0) is 20.5. The van der Waals surface area contributed by atoms with Gasteiger partial charge < -0.3 is 4.90 Å². The Hall–Kier alpha value is -1.84. The van der Waals surface area contributed by atoms with Gasteiger partial charge in [-0.3, -0.25) is 4.79 Å². The number of aromatic nitrogens is 1. The molecule has 0 atom stereocenters. The first-order chi connectivity index (χ1) is 13.2. The van der Waals surface area contributed by atoms with Crippen molar-refractivity contribution in [3.8, 4) is 0 Å². The number of benzene rings is 1. The first kappa shape index (κ1) is 20.9. The lowest BCUT2D eigenvalue weighted by molar-refractivity contribution is 0.0701. The van der Waals surface area contributed by atoms with Crippen molar-refractivity contribution < 1.29 is 17.6 Å². The van der Waals surface area contributed by atoms with E-state index in [1.165, 1.54) is 33.8 Å². The highest BCUT2D eigenvalue weighted by molar-refractivity contribution is 7.89. The first-order valence-electron chi connectivity index (χ1n) is 9.20. The normalized spacial score (nSPS) is 16.0. The fourth-order valence-corrected chi connectivity index (χ4v) is 5.89. The predicted molar refractivity (Wildman–Crippen MR) is 106 cm³/mol. The summed E-state index contributed by atoms with van der Waals surface area (Å²) in [6, 6.07) is 5.35. The number of halogens is 1. The molecule has 0 saturated carbocycles. The highest BCUT2D eigenvalue weighted by atomic mass is 32.2. The van der Waals surface area contributed by atoms with E-state index in [1.807, 2.05) is 6.92 Å². The number of carbonyl (C=O) groups excluding carboxylic acids is 1. The molecule has 0 aliphatic carbocycles. The molecule has 0 radical (unpaired) electrons. The molecule has 0 unspecified atom stereocenters. The van der Waals surface area contributed by atoms with Crippen LogP contribution in [0.3, 0.4) is 0 Å². The van der Waals surface area contributed by atoms with Crippen LogP contribution < -0.4 is 0 Å². The van der Waals surface area contributed by atoms with Crippen molar-refractivity contribution in [2.75, 3.05) is 26.2 Å². The fourth-order valence-electron chi connectivity index (χ4n) is 3.16. The molecule has 2 heterocycles. The SMILES string of the molecule is Cc1nc(CC(C)C)sc1C(=O)N1CCN(S(=O)(=O)c2ccccc2F)CC1. The van der Waals surface area contributed by atoms with Crippen molar-refractivity contribution in [1.29, 1.82) is 0 Å². The maximum absolute atomic E-state index is 13.9. The van der Waals surface area contributed by atoms with Gasteiger partial charge in [-0.2, -0.15) is 4.31 Å². The number of thiazole rings is 1. The average Bonchev–Trinajstić information content (AvgIpc) is 3.00. The lowest BCUT2D eigenvalue weighted by atomic mass is 10.1. The van der Waals surface area contributed by atoms with Crippen LogP contribution in [0.15, 0.2) is 29.2 Å². The Balaban J connectivity index is 1.69. The molecule has 1 aliphatic rings. The maximum Gasteiger partial charge on any atom is 0.265 e. The number of amides is 1. The van der Waals surface area contributed by atoms with Gasteiger partial charge in [0.25, 0.3) is 5.91 Å². The van der Waals surface area contributed by atoms with E-state index < -0.39 is 15.8 Å². The van der Waals surface area contributed by atoms with Gasteiger partial charge in [0.15, 0.2) is 0 Å². The Kier molecular flexibility index (Phi) is 6.16. The smallest absolute Gasteiger partial charge is 0.265 e. The molecule has 9 heteroatoms. The van der Waals surface area contributed by atoms with Crippen molar-refractivity contribution >= 4 is 27.3 Å². The Labute approximate surface area is 169 Å². The van der Waals surface area contributed by atoms with E-state index in [1.54, 1.807) is 4.90 Å². The minimum atomic E-state index is -3.91. The molecule has 1 saturated heterocycles. The third kappa shape index (κ3) is 4.26. The standard InChI is InChI=1S/C19H24FN3O3S2/c1-13(2)12-17-21-14(3)18(27-17)19(24)22-8-10-23(11-9-22)28(25,26)16-7-5-4-6-15(16)20/h4-7,13H,8-12H2,1-3H3. The number of hydrogen-bond donors (Lipinski definition) is 0. The summed E-state index contributed by atoms with van der Waals surface area (Å²) >= 11 is 1.41. The summed E-state index contributed by atoms with van der Waals surface area (Å²) in [6.07, 6.45) is 0.827. The summed E-state index contributed by atoms with van der Waals surface area (Å²) in [5, 5.41) is 0.941. The van der Waals surface area contributed by atoms with E-state index in [2.05, 4.69) is 18.8 Å². The van der Waals surface area contributed by atoms with E-state index in [4.69, 9.17) is 0 Å². The van der Waals surface area contributed by atoms with E-state index in [-0.39, 0.29) is 37.0 Å². The molecule has 6 nitrogen and oxygen atoms in total. The Morgan fingerprint density at radius 3 is 2.46 bits per heavy atom. The third-order valence-corrected chi connectivity index (χ3v) is 7.70. The van der Waals surface area contributed by atoms with Crippen LogP contribution in [0.4, 0.5) is 4.39 Å². The molecule has 2 aromatic rings. The van der Waals surface area contributed by atoms with Gasteiger partial charge in [-0.25, -0.2) is 17.8 Å². The first-order valence-corrected chi connectivity index (χ1v) is 11.5. The number of rotatable bonds is 5. The zero-order valence-corrected chi connectivity index (χ0v) is 17.8. The molecule has 1 aromatic heterocycles. The van der Waals surface area contributed by atoms with Gasteiger partial charge in [-0.05, 0) is 25.0 Å². The van der Waals surface area contributed by atoms with Crippen LogP contribution >= 0.6 is 11.3 Å². The van der Waals surface area contributed by atoms with Crippen molar-refractivity contribution in [3.05, 3.63) is 45.7 Å². The summed E-state index contributed by atoms with van der Waals surface area (Å²) in [5.41, 5.74) is 0.715. The van der Waals surface area contributed by atoms with Gasteiger partial charge in [-0.15, -0.1) is 11.3 Å². The van der Waals surface area contributed by atoms with Crippen molar-refractivity contribution in [1.82, 2.24) is 14.2 Å². The van der Waals surface area contributed by atoms with Gasteiger partial charge >= 0.3 is 0 Å². The maximum atomic E-state index is 13.9. The average molecular weight is 426 g/mol. The third-order valence-electron chi connectivity index (χ3n) is 4.60. The van der Waals surface area contributed by atoms with Gasteiger partial charge in [-0.1, -0.05) is 26.0 Å². The lowest BCUT2D eigenvalue weighted by Gasteiger charge is -2.33. The van der Waals surface area contributed by atoms with Crippen molar-refractivity contribution in [2.24, 2.45) is 5.92 Å². The molecule has 152 valence electrons. The number of hydrogen-bond acceptors (Lipinski definition) is 5. The molecule has 1 aliphatic heterocycles. The van der Waals surface area contributed by atoms with Crippen LogP contribution in [0.25, 0.3) is 0 Å². The van der Waals surface area contributed by atoms with Crippen LogP contribution in [0, 0.1) is 18.7 Å². The van der Waals surface area contributed by atoms with Gasteiger partial charge in [0.1, 0.15) is 15.6 Å². The zero-order valence-electron chi connectivity index (χ0n) is 16.2. The van der Waals surface area contributed by atoms with Crippen molar-refractivity contribution in [2.45, 2.75) is 32.1 Å². The Morgan fingerprint density at radius 1 is 1.21 bits per heavy atom. The highest BCUT2D eigenvalue weighted by Gasteiger charge is 2.32. The number of aryl methyl sites for hydroxylation is 1. The van der Waals surface area contributed by atoms with E-state index in [0.717, 1.165) is 17.5 Å². The monoisotopic (exact) mass is 425 g/mol. The van der Waals surface area contributed by atoms with Gasteiger partial charge in [0, 0.05) is 32.6 Å². The van der Waals surface area contributed by atoms with Crippen LogP contribution in [0.2, 0.25) is 0 Å². The number of piperazine rings is 1. The fraction of sp³-hybridized carbons (Fsp3) is 0.474. The van der Waals surface area contributed by atoms with E-state index >= 15 is 0 Å². The second-order valence-electron chi connectivity index (χ2n) is 7.25. The largest absolute Gasteiger partial charge is 0.335 e. The van der Waals surface area contributed by atoms with E-state index in [0.29, 0.717) is 16.5 Å². The molecule has 1 aromatic carbocycles. The Bertz CT molecular complexity index is 965. The minimum Gasteiger partial charge on any atom is -0.335 e. The quantitative estimate of drug-likeness (QED) is 0.739. The summed E-state index contributed by atoms with van der Waals surface area (Å²) in [5.74, 6) is -0.424. The topological polar surface area (TPSA) is 70.6 Å². The van der Waals surface area contributed by atoms with Crippen molar-refractivity contribution in [3.63, 3.8) is 0 Å². The molecular weight excluding hydrogens is 401 g/mol.